The number of aliphatic imine (C=N–C) groups is 1. The molecule has 10 atom stereocenters. The van der Waals surface area contributed by atoms with E-state index in [1.807, 2.05) is 0 Å². The third-order valence-corrected chi connectivity index (χ3v) is 14.1. The summed E-state index contributed by atoms with van der Waals surface area (Å²) in [5, 5.41) is 59.3. The van der Waals surface area contributed by atoms with Gasteiger partial charge >= 0.3 is 11.9 Å². The minimum Gasteiger partial charge on any atom is -0.508 e. The number of rotatable bonds is 37. The van der Waals surface area contributed by atoms with Crippen molar-refractivity contribution < 1.29 is 73.2 Å². The highest BCUT2D eigenvalue weighted by atomic mass is 32.1. The molecule has 3 rings (SSSR count). The summed E-state index contributed by atoms with van der Waals surface area (Å²) < 4.78 is 0. The fourth-order valence-corrected chi connectivity index (χ4v) is 9.41. The Morgan fingerprint density at radius 1 is 0.624 bits per heavy atom. The van der Waals surface area contributed by atoms with Gasteiger partial charge in [-0.25, -0.2) is 4.79 Å². The second-order valence-electron chi connectivity index (χ2n) is 20.7. The molecule has 1 fully saturated rings. The lowest BCUT2D eigenvalue weighted by Crippen LogP contribution is -2.61. The largest absolute Gasteiger partial charge is 0.508 e. The van der Waals surface area contributed by atoms with Crippen LogP contribution in [-0.2, 0) is 65.6 Å². The Morgan fingerprint density at radius 2 is 1.14 bits per heavy atom. The number of likely N-dealkylation sites (tertiary alicyclic amines) is 1. The van der Waals surface area contributed by atoms with E-state index in [1.165, 1.54) is 12.1 Å². The number of carbonyl (C=O) groups excluding carboxylic acids is 9. The van der Waals surface area contributed by atoms with Gasteiger partial charge < -0.3 is 90.8 Å². The lowest BCUT2D eigenvalue weighted by Gasteiger charge is -2.31. The fraction of sp³-hybridized carbons (Fsp3) is 0.556. The molecule has 0 spiro atoms. The fourth-order valence-electron chi connectivity index (χ4n) is 8.90. The number of aliphatic carboxylic acids is 2. The van der Waals surface area contributed by atoms with Crippen molar-refractivity contribution in [1.29, 1.82) is 0 Å². The molecular weight excluding hydrogens is 1150 g/mol. The molecule has 1 heterocycles. The van der Waals surface area contributed by atoms with E-state index in [1.54, 1.807) is 56.3 Å². The lowest BCUT2D eigenvalue weighted by atomic mass is 10.0. The van der Waals surface area contributed by atoms with Crippen molar-refractivity contribution >= 4 is 96.3 Å². The number of thiol groups is 2. The number of nitrogens with zero attached hydrogens (tertiary/aromatic N) is 2. The van der Waals surface area contributed by atoms with Crippen molar-refractivity contribution in [3.05, 3.63) is 65.7 Å². The molecule has 0 radical (unpaired) electrons. The number of carbonyl (C=O) groups is 11. The maximum Gasteiger partial charge on any atom is 0.326 e. The van der Waals surface area contributed by atoms with E-state index in [0.717, 1.165) is 4.90 Å². The van der Waals surface area contributed by atoms with Gasteiger partial charge in [-0.3, -0.25) is 52.9 Å². The van der Waals surface area contributed by atoms with E-state index >= 15 is 0 Å². The van der Waals surface area contributed by atoms with E-state index in [-0.39, 0.29) is 100 Å². The first-order chi connectivity index (χ1) is 40.3. The second-order valence-corrected chi connectivity index (χ2v) is 21.4. The molecule has 2 aromatic carbocycles. The van der Waals surface area contributed by atoms with Crippen molar-refractivity contribution in [1.82, 2.24) is 47.4 Å². The van der Waals surface area contributed by atoms with Crippen LogP contribution in [0.4, 0.5) is 0 Å². The average molecular weight is 1230 g/mol. The molecule has 1 aliphatic heterocycles. The predicted octanol–water partition coefficient (Wildman–Crippen LogP) is -3.99. The summed E-state index contributed by atoms with van der Waals surface area (Å²) in [6.07, 6.45) is -0.0535. The number of aliphatic hydroxyl groups excluding tert-OH is 1. The molecule has 0 aromatic heterocycles. The van der Waals surface area contributed by atoms with Crippen LogP contribution in [-0.4, -0.2) is 195 Å². The number of hydrogen-bond donors (Lipinski definition) is 18. The van der Waals surface area contributed by atoms with Gasteiger partial charge in [-0.15, -0.1) is 0 Å². The van der Waals surface area contributed by atoms with Crippen LogP contribution in [0.1, 0.15) is 82.8 Å². The van der Waals surface area contributed by atoms with Crippen LogP contribution >= 0.6 is 25.3 Å². The van der Waals surface area contributed by atoms with Gasteiger partial charge in [0.25, 0.3) is 0 Å². The quantitative estimate of drug-likeness (QED) is 0.0133. The Kier molecular flexibility index (Phi) is 31.0. The number of nitrogens with two attached hydrogens (primary N) is 4. The van der Waals surface area contributed by atoms with E-state index in [4.69, 9.17) is 22.9 Å². The second kappa shape index (κ2) is 36.9. The smallest absolute Gasteiger partial charge is 0.326 e. The van der Waals surface area contributed by atoms with Crippen LogP contribution in [0.2, 0.25) is 0 Å². The van der Waals surface area contributed by atoms with E-state index in [0.29, 0.717) is 24.0 Å². The van der Waals surface area contributed by atoms with Crippen LogP contribution in [0.5, 0.6) is 5.75 Å². The van der Waals surface area contributed by atoms with Gasteiger partial charge in [0, 0.05) is 31.0 Å². The van der Waals surface area contributed by atoms with Crippen molar-refractivity contribution in [3.63, 3.8) is 0 Å². The summed E-state index contributed by atoms with van der Waals surface area (Å²) in [6, 6.07) is -0.00102. The molecule has 0 saturated carbocycles. The SMILES string of the molecule is CC(C)C[C@H](NC(=O)[C@@H]1CCCN1C(=O)[C@H](CS)NC(=O)[C@H](CC(=O)O)NC(=O)[C@H](CCCCN)NC(=O)[C@H](Cc1ccccc1)NC(=O)[C@H](CO)NC(=O)[C@@H](N)Cc1ccc(O)cc1)C(=O)N[C@@H](CS)C(=O)N[C@@H](CCCN=C(N)N)C(=O)O. The van der Waals surface area contributed by atoms with E-state index in [9.17, 15) is 73.2 Å². The molecule has 0 unspecified atom stereocenters. The molecular formula is C54H82N14O15S2. The molecule has 0 bridgehead atoms. The van der Waals surface area contributed by atoms with Crippen LogP contribution in [0, 0.1) is 5.92 Å². The van der Waals surface area contributed by atoms with Gasteiger partial charge in [0.2, 0.25) is 53.2 Å². The summed E-state index contributed by atoms with van der Waals surface area (Å²) in [4.78, 5) is 154. The molecule has 31 heteroatoms. The molecule has 85 heavy (non-hydrogen) atoms. The molecule has 0 aliphatic carbocycles. The molecule has 20 N–H and O–H groups in total. The Morgan fingerprint density at radius 3 is 1.73 bits per heavy atom. The molecule has 2 aromatic rings. The first kappa shape index (κ1) is 71.5. The van der Waals surface area contributed by atoms with E-state index in [2.05, 4.69) is 72.8 Å². The van der Waals surface area contributed by atoms with Gasteiger partial charge in [0.05, 0.1) is 19.1 Å². The molecule has 1 aliphatic rings. The van der Waals surface area contributed by atoms with Crippen molar-refractivity contribution in [2.24, 2.45) is 33.8 Å². The number of benzene rings is 2. The average Bonchev–Trinajstić information content (AvgIpc) is 3.76. The zero-order chi connectivity index (χ0) is 63.3. The monoisotopic (exact) mass is 1230 g/mol. The minimum absolute atomic E-state index is 0.00412. The van der Waals surface area contributed by atoms with Gasteiger partial charge in [0.15, 0.2) is 5.96 Å². The van der Waals surface area contributed by atoms with Gasteiger partial charge in [-0.2, -0.15) is 25.3 Å². The Hall–Kier alpha value is -7.74. The Balaban J connectivity index is 1.79. The number of hydrogen-bond acceptors (Lipinski definition) is 18. The standard InChI is InChI=1S/C54H82N14O15S2/c1-29(2)22-36(46(75)66-40(27-84)50(79)61-35(53(82)83)13-8-20-59-54(57)58)64-51(80)42-14-9-21-68(42)52(81)41(28-85)67-48(77)38(25-43(71)72)63-45(74)34(12-6-7-19-55)60-47(76)37(24-30-10-4-3-5-11-30)62-49(78)39(26-69)65-44(73)33(56)23-31-15-17-32(70)18-16-31/h3-5,10-11,15-18,29,33-42,69-70,84-85H,6-9,12-14,19-28,55-56H2,1-2H3,(H,60,76)(H,61,79)(H,62,78)(H,63,74)(H,64,80)(H,65,73)(H,66,75)(H,67,77)(H,71,72)(H,82,83)(H4,57,58,59)/t33-,34-,35-,36-,37-,38-,39-,40-,41-,42-/m0/s1. The van der Waals surface area contributed by atoms with Crippen LogP contribution in [0.3, 0.4) is 0 Å². The van der Waals surface area contributed by atoms with Gasteiger partial charge in [-0.1, -0.05) is 56.3 Å². The maximum absolute atomic E-state index is 14.2. The normalized spacial score (nSPS) is 16.0. The summed E-state index contributed by atoms with van der Waals surface area (Å²) in [7, 11) is 0. The molecule has 1 saturated heterocycles. The molecule has 29 nitrogen and oxygen atoms in total. The Labute approximate surface area is 502 Å². The number of amides is 9. The third-order valence-electron chi connectivity index (χ3n) is 13.4. The number of unbranched alkanes of at least 4 members (excludes halogenated alkanes) is 1. The summed E-state index contributed by atoms with van der Waals surface area (Å²) in [5.41, 5.74) is 23.6. The highest BCUT2D eigenvalue weighted by Gasteiger charge is 2.41. The summed E-state index contributed by atoms with van der Waals surface area (Å²) >= 11 is 8.45. The third kappa shape index (κ3) is 24.8. The number of guanidine groups is 1. The van der Waals surface area contributed by atoms with Crippen molar-refractivity contribution in [2.45, 2.75) is 145 Å². The van der Waals surface area contributed by atoms with Crippen LogP contribution in [0.25, 0.3) is 0 Å². The summed E-state index contributed by atoms with van der Waals surface area (Å²) in [5.74, 6) is -12.1. The minimum atomic E-state index is -1.87. The van der Waals surface area contributed by atoms with Crippen LogP contribution in [0.15, 0.2) is 59.6 Å². The first-order valence-corrected chi connectivity index (χ1v) is 28.9. The number of nitrogens with one attached hydrogen (secondary N) is 8. The number of phenolic OH excluding ortho intramolecular Hbond substituents is 1. The molecule has 470 valence electrons. The number of carboxylic acids is 2. The topological polar surface area (TPSA) is 485 Å². The van der Waals surface area contributed by atoms with Gasteiger partial charge in [0.1, 0.15) is 60.1 Å². The highest BCUT2D eigenvalue weighted by molar-refractivity contribution is 7.80. The highest BCUT2D eigenvalue weighted by Crippen LogP contribution is 2.21. The number of carboxylic acid groups (broad SMARTS) is 2. The number of aliphatic hydroxyl groups is 1. The number of aromatic hydroxyl groups is 1. The van der Waals surface area contributed by atoms with E-state index < -0.39 is 139 Å². The zero-order valence-corrected chi connectivity index (χ0v) is 49.2. The zero-order valence-electron chi connectivity index (χ0n) is 47.4. The van der Waals surface area contributed by atoms with Crippen molar-refractivity contribution in [3.8, 4) is 5.75 Å². The first-order valence-electron chi connectivity index (χ1n) is 27.7. The van der Waals surface area contributed by atoms with Crippen molar-refractivity contribution in [2.75, 3.05) is 37.7 Å². The summed E-state index contributed by atoms with van der Waals surface area (Å²) in [6.45, 7) is 2.91. The molecule has 9 amide bonds. The van der Waals surface area contributed by atoms with Gasteiger partial charge in [-0.05, 0) is 93.5 Å². The van der Waals surface area contributed by atoms with Crippen LogP contribution < -0.4 is 65.5 Å². The maximum atomic E-state index is 14.2. The number of phenols is 1. The lowest BCUT2D eigenvalue weighted by molar-refractivity contribution is -0.143. The Bertz CT molecular complexity index is 2620. The predicted molar refractivity (Wildman–Crippen MR) is 317 cm³/mol.